The van der Waals surface area contributed by atoms with E-state index in [-0.39, 0.29) is 17.9 Å². The average Bonchev–Trinajstić information content (AvgIpc) is 2.72. The summed E-state index contributed by atoms with van der Waals surface area (Å²) in [6.45, 7) is 1.88. The fraction of sp³-hybridized carbons (Fsp3) is 0.167. The fourth-order valence-electron chi connectivity index (χ4n) is 1.40. The largest absolute Gasteiger partial charge is 0.487 e. The van der Waals surface area contributed by atoms with Gasteiger partial charge in [-0.1, -0.05) is 5.16 Å². The number of ether oxygens (including phenoxy) is 1. The van der Waals surface area contributed by atoms with Gasteiger partial charge in [0.05, 0.1) is 5.56 Å². The third-order valence-corrected chi connectivity index (χ3v) is 2.23. The van der Waals surface area contributed by atoms with E-state index in [4.69, 9.17) is 14.4 Å². The minimum absolute atomic E-state index is 0.128. The van der Waals surface area contributed by atoms with E-state index in [0.717, 1.165) is 12.1 Å². The maximum absolute atomic E-state index is 13.3. The van der Waals surface area contributed by atoms with Crippen LogP contribution < -0.4 is 4.74 Å². The van der Waals surface area contributed by atoms with Crippen molar-refractivity contribution in [3.8, 4) is 5.75 Å². The monoisotopic (exact) mass is 251 g/mol. The molecule has 0 saturated heterocycles. The first-order valence-corrected chi connectivity index (χ1v) is 5.14. The summed E-state index contributed by atoms with van der Waals surface area (Å²) in [5, 5.41) is 12.4. The van der Waals surface area contributed by atoms with E-state index in [1.165, 1.54) is 6.07 Å². The van der Waals surface area contributed by atoms with Crippen LogP contribution in [-0.2, 0) is 6.61 Å². The number of halogens is 1. The van der Waals surface area contributed by atoms with Crippen molar-refractivity contribution in [3.63, 3.8) is 0 Å². The van der Waals surface area contributed by atoms with Gasteiger partial charge in [0, 0.05) is 12.1 Å². The second-order valence-corrected chi connectivity index (χ2v) is 3.66. The number of carbonyl (C=O) groups is 1. The number of hydrogen-bond donors (Lipinski definition) is 1. The molecule has 0 unspecified atom stereocenters. The van der Waals surface area contributed by atoms with E-state index >= 15 is 0 Å². The number of carboxylic acid groups (broad SMARTS) is 1. The number of hydrogen-bond acceptors (Lipinski definition) is 4. The summed E-state index contributed by atoms with van der Waals surface area (Å²) < 4.78 is 23.4. The predicted molar refractivity (Wildman–Crippen MR) is 58.9 cm³/mol. The third kappa shape index (κ3) is 2.65. The highest BCUT2D eigenvalue weighted by molar-refractivity contribution is 5.88. The summed E-state index contributed by atoms with van der Waals surface area (Å²) in [5.41, 5.74) is 0.190. The first-order chi connectivity index (χ1) is 8.56. The number of rotatable bonds is 4. The van der Waals surface area contributed by atoms with Crippen LogP contribution in [0.4, 0.5) is 4.39 Å². The van der Waals surface area contributed by atoms with E-state index in [1.807, 2.05) is 0 Å². The number of aryl methyl sites for hydroxylation is 1. The van der Waals surface area contributed by atoms with E-state index in [1.54, 1.807) is 13.0 Å². The lowest BCUT2D eigenvalue weighted by molar-refractivity contribution is 0.0692. The van der Waals surface area contributed by atoms with Gasteiger partial charge in [0.15, 0.2) is 0 Å². The smallest absolute Gasteiger partial charge is 0.338 e. The summed E-state index contributed by atoms with van der Waals surface area (Å²) in [7, 11) is 0. The van der Waals surface area contributed by atoms with Crippen LogP contribution in [0.15, 0.2) is 28.8 Å². The van der Waals surface area contributed by atoms with E-state index in [2.05, 4.69) is 5.16 Å². The average molecular weight is 251 g/mol. The van der Waals surface area contributed by atoms with Crippen molar-refractivity contribution >= 4 is 5.97 Å². The molecule has 0 atom stereocenters. The van der Waals surface area contributed by atoms with E-state index in [9.17, 15) is 9.18 Å². The minimum atomic E-state index is -1.31. The molecule has 1 aromatic carbocycles. The number of nitrogens with zero attached hydrogens (tertiary/aromatic N) is 1. The molecule has 2 rings (SSSR count). The van der Waals surface area contributed by atoms with Crippen LogP contribution in [0.2, 0.25) is 0 Å². The van der Waals surface area contributed by atoms with Crippen molar-refractivity contribution in [2.45, 2.75) is 13.5 Å². The second-order valence-electron chi connectivity index (χ2n) is 3.66. The molecule has 0 aliphatic heterocycles. The minimum Gasteiger partial charge on any atom is -0.487 e. The van der Waals surface area contributed by atoms with Gasteiger partial charge >= 0.3 is 5.97 Å². The van der Waals surface area contributed by atoms with Crippen LogP contribution in [-0.4, -0.2) is 16.2 Å². The Morgan fingerprint density at radius 2 is 2.28 bits per heavy atom. The molecule has 18 heavy (non-hydrogen) atoms. The summed E-state index contributed by atoms with van der Waals surface area (Å²) in [5.74, 6) is -1.26. The highest BCUT2D eigenvalue weighted by Gasteiger charge is 2.11. The molecule has 5 nitrogen and oxygen atoms in total. The van der Waals surface area contributed by atoms with Crippen molar-refractivity contribution in [1.29, 1.82) is 0 Å². The first kappa shape index (κ1) is 12.1. The molecule has 6 heteroatoms. The fourth-order valence-corrected chi connectivity index (χ4v) is 1.40. The molecular formula is C12H10FNO4. The number of aromatic nitrogens is 1. The molecule has 2 aromatic rings. The Hall–Kier alpha value is -2.37. The van der Waals surface area contributed by atoms with Crippen molar-refractivity contribution < 1.29 is 23.6 Å². The van der Waals surface area contributed by atoms with Crippen LogP contribution >= 0.6 is 0 Å². The van der Waals surface area contributed by atoms with Gasteiger partial charge in [0.25, 0.3) is 0 Å². The van der Waals surface area contributed by atoms with Gasteiger partial charge in [-0.3, -0.25) is 0 Å². The van der Waals surface area contributed by atoms with Crippen molar-refractivity contribution in [3.05, 3.63) is 47.1 Å². The van der Waals surface area contributed by atoms with Gasteiger partial charge in [-0.25, -0.2) is 9.18 Å². The molecule has 1 aromatic heterocycles. The molecule has 1 N–H and O–H groups in total. The first-order valence-electron chi connectivity index (χ1n) is 5.14. The zero-order valence-corrected chi connectivity index (χ0v) is 9.51. The Morgan fingerprint density at radius 1 is 1.50 bits per heavy atom. The van der Waals surface area contributed by atoms with E-state index < -0.39 is 11.8 Å². The van der Waals surface area contributed by atoms with Gasteiger partial charge < -0.3 is 14.4 Å². The van der Waals surface area contributed by atoms with Crippen LogP contribution in [0.3, 0.4) is 0 Å². The van der Waals surface area contributed by atoms with Crippen LogP contribution in [0.5, 0.6) is 5.75 Å². The standard InChI is InChI=1S/C12H10FNO4/c1-7-4-8(14-18-7)6-17-9-2-3-10(12(15)16)11(13)5-9/h2-5H,6H2,1H3,(H,15,16). The Kier molecular flexibility index (Phi) is 3.27. The maximum Gasteiger partial charge on any atom is 0.338 e. The lowest BCUT2D eigenvalue weighted by atomic mass is 10.2. The molecule has 0 spiro atoms. The number of carboxylic acids is 1. The Bertz CT molecular complexity index is 579. The number of benzene rings is 1. The molecule has 0 fully saturated rings. The van der Waals surface area contributed by atoms with Gasteiger partial charge in [0.1, 0.15) is 29.6 Å². The van der Waals surface area contributed by atoms with Crippen molar-refractivity contribution in [2.24, 2.45) is 0 Å². The van der Waals surface area contributed by atoms with E-state index in [0.29, 0.717) is 11.5 Å². The molecular weight excluding hydrogens is 241 g/mol. The number of aromatic carboxylic acids is 1. The third-order valence-electron chi connectivity index (χ3n) is 2.23. The Morgan fingerprint density at radius 3 is 2.83 bits per heavy atom. The summed E-state index contributed by atoms with van der Waals surface area (Å²) in [4.78, 5) is 10.6. The predicted octanol–water partition coefficient (Wildman–Crippen LogP) is 2.40. The van der Waals surface area contributed by atoms with Gasteiger partial charge in [0.2, 0.25) is 0 Å². The summed E-state index contributed by atoms with van der Waals surface area (Å²) >= 11 is 0. The Labute approximate surface area is 102 Å². The van der Waals surface area contributed by atoms with Gasteiger partial charge in [-0.05, 0) is 19.1 Å². The highest BCUT2D eigenvalue weighted by atomic mass is 19.1. The van der Waals surface area contributed by atoms with Crippen LogP contribution in [0.25, 0.3) is 0 Å². The van der Waals surface area contributed by atoms with Crippen LogP contribution in [0.1, 0.15) is 21.8 Å². The normalized spacial score (nSPS) is 10.3. The quantitative estimate of drug-likeness (QED) is 0.903. The molecule has 0 saturated carbocycles. The zero-order chi connectivity index (χ0) is 13.1. The molecule has 0 radical (unpaired) electrons. The maximum atomic E-state index is 13.3. The van der Waals surface area contributed by atoms with Gasteiger partial charge in [-0.15, -0.1) is 0 Å². The molecule has 1 heterocycles. The second kappa shape index (κ2) is 4.87. The molecule has 94 valence electrons. The van der Waals surface area contributed by atoms with Gasteiger partial charge in [-0.2, -0.15) is 0 Å². The molecule has 0 aliphatic carbocycles. The lowest BCUT2D eigenvalue weighted by Gasteiger charge is -2.04. The Balaban J connectivity index is 2.06. The molecule has 0 bridgehead atoms. The highest BCUT2D eigenvalue weighted by Crippen LogP contribution is 2.18. The zero-order valence-electron chi connectivity index (χ0n) is 9.51. The van der Waals surface area contributed by atoms with Crippen LogP contribution in [0, 0.1) is 12.7 Å². The molecule has 0 aliphatic rings. The molecule has 0 amide bonds. The summed E-state index contributed by atoms with van der Waals surface area (Å²) in [6, 6.07) is 5.26. The van der Waals surface area contributed by atoms with Crippen molar-refractivity contribution in [2.75, 3.05) is 0 Å². The topological polar surface area (TPSA) is 72.6 Å². The summed E-state index contributed by atoms with van der Waals surface area (Å²) in [6.07, 6.45) is 0. The SMILES string of the molecule is Cc1cc(COc2ccc(C(=O)O)c(F)c2)no1. The lowest BCUT2D eigenvalue weighted by Crippen LogP contribution is -2.01. The van der Waals surface area contributed by atoms with Crippen molar-refractivity contribution in [1.82, 2.24) is 5.16 Å².